The number of benzene rings is 1. The van der Waals surface area contributed by atoms with Gasteiger partial charge in [0.1, 0.15) is 23.5 Å². The number of aryl methyl sites for hydroxylation is 1. The van der Waals surface area contributed by atoms with Crippen molar-refractivity contribution in [1.82, 2.24) is 24.8 Å². The van der Waals surface area contributed by atoms with Gasteiger partial charge in [-0.05, 0) is 83.8 Å². The summed E-state index contributed by atoms with van der Waals surface area (Å²) in [4.78, 5) is 45.2. The number of rotatable bonds is 10. The maximum Gasteiger partial charge on any atom is 0.410 e. The van der Waals surface area contributed by atoms with Gasteiger partial charge in [0.25, 0.3) is 0 Å². The van der Waals surface area contributed by atoms with Crippen LogP contribution >= 0.6 is 0 Å². The van der Waals surface area contributed by atoms with E-state index >= 15 is 0 Å². The van der Waals surface area contributed by atoms with Crippen LogP contribution in [0.2, 0.25) is 5.82 Å². The van der Waals surface area contributed by atoms with Crippen molar-refractivity contribution in [3.63, 3.8) is 0 Å². The minimum atomic E-state index is -1.21. The molecule has 13 heteroatoms. The number of ketones is 1. The fourth-order valence-corrected chi connectivity index (χ4v) is 8.12. The second-order valence-electron chi connectivity index (χ2n) is 15.0. The highest BCUT2D eigenvalue weighted by Crippen LogP contribution is 2.42. The highest BCUT2D eigenvalue weighted by molar-refractivity contribution is 6.15. The normalized spacial score (nSPS) is 32.8. The lowest BCUT2D eigenvalue weighted by molar-refractivity contribution is -0.171. The minimum absolute atomic E-state index is 0.0978. The van der Waals surface area contributed by atoms with E-state index in [1.165, 1.54) is 0 Å². The third-order valence-electron chi connectivity index (χ3n) is 11.1. The zero-order valence-electron chi connectivity index (χ0n) is 31.7. The molecule has 0 aliphatic carbocycles. The number of aromatic nitrogens is 3. The average molecular weight is 705 g/mol. The van der Waals surface area contributed by atoms with Gasteiger partial charge in [-0.3, -0.25) is 19.2 Å². The first kappa shape index (κ1) is 40.1. The van der Waals surface area contributed by atoms with Crippen LogP contribution in [-0.4, -0.2) is 107 Å². The lowest BCUT2D eigenvalue weighted by Crippen LogP contribution is -2.61. The summed E-state index contributed by atoms with van der Waals surface area (Å²) in [5, 5.41) is 8.60. The van der Waals surface area contributed by atoms with E-state index in [-0.39, 0.29) is 17.7 Å². The summed E-state index contributed by atoms with van der Waals surface area (Å²) in [6.07, 6.45) is 5.37. The number of hydrogen-bond donors (Lipinski definition) is 1. The molecule has 0 saturated carbocycles. The first-order valence-electron chi connectivity index (χ1n) is 18.2. The second kappa shape index (κ2) is 16.8. The zero-order chi connectivity index (χ0) is 37.7. The van der Waals surface area contributed by atoms with Crippen LogP contribution < -0.4 is 5.73 Å². The summed E-state index contributed by atoms with van der Waals surface area (Å²) < 4.78 is 20.2. The SMILES string of the molecule is [B][C@@H]1[C@@H](C)C(=O)[C@@H](C)C(=O)O[C@H](CC)[C@@]2(C)OC(=O)N(CCCCn3cc(-c4cccc(N)c4)nn3)[C@@H]2[C@@H](CC=C)N(C)C[C@H](C)C[C@@]1(C)OC. The number of esters is 1. The van der Waals surface area contributed by atoms with Gasteiger partial charge in [0.2, 0.25) is 0 Å². The Morgan fingerprint density at radius 2 is 1.86 bits per heavy atom. The number of Topliss-reactive ketones (excluding diaryl/α,β-unsaturated/α-hetero) is 1. The Morgan fingerprint density at radius 1 is 1.16 bits per heavy atom. The van der Waals surface area contributed by atoms with Crippen molar-refractivity contribution in [2.45, 2.75) is 115 Å². The number of unbranched alkanes of at least 4 members (excludes halogenated alkanes) is 1. The molecule has 3 heterocycles. The molecule has 1 amide bonds. The fraction of sp³-hybridized carbons (Fsp3) is 0.658. The number of methoxy groups -OCH3 is 1. The number of hydrogen-bond acceptors (Lipinski definition) is 10. The number of nitrogens with two attached hydrogens (primary N) is 1. The van der Waals surface area contributed by atoms with Gasteiger partial charge in [-0.2, -0.15) is 0 Å². The van der Waals surface area contributed by atoms with Crippen LogP contribution in [0.15, 0.2) is 43.1 Å². The largest absolute Gasteiger partial charge is 0.458 e. The van der Waals surface area contributed by atoms with E-state index in [1.54, 1.807) is 30.5 Å². The van der Waals surface area contributed by atoms with Crippen molar-refractivity contribution in [2.24, 2.45) is 17.8 Å². The number of cyclic esters (lactones) is 1. The van der Waals surface area contributed by atoms with E-state index in [0.717, 1.165) is 17.7 Å². The molecule has 2 aliphatic rings. The van der Waals surface area contributed by atoms with Crippen molar-refractivity contribution in [2.75, 3.05) is 33.0 Å². The number of carbonyl (C=O) groups excluding carboxylic acids is 3. The van der Waals surface area contributed by atoms with Crippen LogP contribution in [0.3, 0.4) is 0 Å². The van der Waals surface area contributed by atoms with E-state index in [2.05, 4.69) is 28.7 Å². The molecule has 0 spiro atoms. The molecule has 2 aliphatic heterocycles. The van der Waals surface area contributed by atoms with Crippen LogP contribution in [0.4, 0.5) is 10.5 Å². The van der Waals surface area contributed by atoms with E-state index in [0.29, 0.717) is 51.0 Å². The van der Waals surface area contributed by atoms with Crippen LogP contribution in [0, 0.1) is 17.8 Å². The average Bonchev–Trinajstić information content (AvgIpc) is 3.67. The van der Waals surface area contributed by atoms with Crippen molar-refractivity contribution < 1.29 is 28.6 Å². The summed E-state index contributed by atoms with van der Waals surface area (Å²) in [6.45, 7) is 16.8. The Morgan fingerprint density at radius 3 is 2.51 bits per heavy atom. The highest BCUT2D eigenvalue weighted by Gasteiger charge is 2.59. The molecule has 12 nitrogen and oxygen atoms in total. The molecule has 2 radical (unpaired) electrons. The van der Waals surface area contributed by atoms with Gasteiger partial charge in [-0.15, -0.1) is 11.7 Å². The number of likely N-dealkylation sites (N-methyl/N-ethyl adjacent to an activating group) is 1. The van der Waals surface area contributed by atoms with Gasteiger partial charge in [0.15, 0.2) is 5.60 Å². The maximum atomic E-state index is 13.9. The molecule has 0 unspecified atom stereocenters. The summed E-state index contributed by atoms with van der Waals surface area (Å²) >= 11 is 0. The lowest BCUT2D eigenvalue weighted by atomic mass is 9.62. The Hall–Kier alpha value is -3.71. The molecule has 9 atom stereocenters. The van der Waals surface area contributed by atoms with Crippen LogP contribution in [-0.2, 0) is 30.3 Å². The molecule has 1 aromatic carbocycles. The maximum absolute atomic E-state index is 13.9. The van der Waals surface area contributed by atoms with Crippen molar-refractivity contribution in [3.8, 4) is 11.3 Å². The molecule has 1 aromatic heterocycles. The van der Waals surface area contributed by atoms with E-state index in [4.69, 9.17) is 27.8 Å². The highest BCUT2D eigenvalue weighted by atomic mass is 16.6. The van der Waals surface area contributed by atoms with Gasteiger partial charge < -0.3 is 24.8 Å². The molecule has 278 valence electrons. The smallest absolute Gasteiger partial charge is 0.410 e. The third-order valence-corrected chi connectivity index (χ3v) is 11.1. The minimum Gasteiger partial charge on any atom is -0.458 e. The predicted molar refractivity (Wildman–Crippen MR) is 198 cm³/mol. The number of nitrogens with zero attached hydrogens (tertiary/aromatic N) is 5. The van der Waals surface area contributed by atoms with Crippen molar-refractivity contribution >= 4 is 31.4 Å². The topological polar surface area (TPSA) is 142 Å². The quantitative estimate of drug-likeness (QED) is 0.0862. The second-order valence-corrected chi connectivity index (χ2v) is 15.0. The zero-order valence-corrected chi connectivity index (χ0v) is 31.7. The standard InChI is InChI=1S/C38H57BN6O6/c1-10-15-30-34-38(7,51-36(48)45(34)19-13-12-18-44-23-29(41-42-44)27-16-14-17-28(40)20-27)31(11-2)50-35(47)26(5)32(46)25(4)33(39)37(6,49-9)21-24(3)22-43(30)8/h10,14,16-17,20,23-26,30-31,33-34H,1,11-13,15,18-19,21-22,40H2,2-9H3/t24-,25+,26-,30-,31-,33-,34-,37-,38-/m1/s1. The van der Waals surface area contributed by atoms with Crippen LogP contribution in [0.1, 0.15) is 73.6 Å². The van der Waals surface area contributed by atoms with Gasteiger partial charge in [0, 0.05) is 50.0 Å². The van der Waals surface area contributed by atoms with Gasteiger partial charge in [-0.1, -0.05) is 44.2 Å². The van der Waals surface area contributed by atoms with Crippen molar-refractivity contribution in [3.05, 3.63) is 43.1 Å². The lowest BCUT2D eigenvalue weighted by Gasteiger charge is -2.45. The van der Waals surface area contributed by atoms with Crippen LogP contribution in [0.25, 0.3) is 11.3 Å². The Labute approximate surface area is 304 Å². The van der Waals surface area contributed by atoms with Gasteiger partial charge in [-0.25, -0.2) is 4.79 Å². The molecule has 2 aromatic rings. The van der Waals surface area contributed by atoms with E-state index < -0.39 is 53.1 Å². The Kier molecular flexibility index (Phi) is 13.2. The molecule has 4 rings (SSSR count). The number of fused-ring (bicyclic) bond motifs is 1. The summed E-state index contributed by atoms with van der Waals surface area (Å²) in [6, 6.07) is 6.79. The molecular weight excluding hydrogens is 647 g/mol. The monoisotopic (exact) mass is 704 g/mol. The Bertz CT molecular complexity index is 1540. The number of ether oxygens (including phenoxy) is 3. The molecular formula is C38H57BN6O6. The Balaban J connectivity index is 1.63. The van der Waals surface area contributed by atoms with Crippen LogP contribution in [0.5, 0.6) is 0 Å². The fourth-order valence-electron chi connectivity index (χ4n) is 8.12. The van der Waals surface area contributed by atoms with Gasteiger partial charge in [0.05, 0.1) is 25.7 Å². The molecule has 0 bridgehead atoms. The molecule has 2 saturated heterocycles. The number of nitrogen functional groups attached to an aromatic ring is 1. The summed E-state index contributed by atoms with van der Waals surface area (Å²) in [5.74, 6) is -3.26. The number of amides is 1. The molecule has 51 heavy (non-hydrogen) atoms. The number of anilines is 1. The number of carbonyl (C=O) groups is 3. The first-order chi connectivity index (χ1) is 24.1. The summed E-state index contributed by atoms with van der Waals surface area (Å²) in [7, 11) is 10.4. The van der Waals surface area contributed by atoms with Crippen molar-refractivity contribution in [1.29, 1.82) is 0 Å². The van der Waals surface area contributed by atoms with E-state index in [9.17, 15) is 14.4 Å². The molecule has 2 N–H and O–H groups in total. The first-order valence-corrected chi connectivity index (χ1v) is 18.2. The summed E-state index contributed by atoms with van der Waals surface area (Å²) in [5.41, 5.74) is 6.20. The van der Waals surface area contributed by atoms with Gasteiger partial charge >= 0.3 is 12.1 Å². The third kappa shape index (κ3) is 8.68. The van der Waals surface area contributed by atoms with E-state index in [1.807, 2.05) is 64.4 Å². The predicted octanol–water partition coefficient (Wildman–Crippen LogP) is 5.33. The molecule has 2 fully saturated rings.